The molecule has 30 heavy (non-hydrogen) atoms. The minimum absolute atomic E-state index is 0.0753. The normalized spacial score (nSPS) is 20.3. The fourth-order valence-corrected chi connectivity index (χ4v) is 5.97. The van der Waals surface area contributed by atoms with Crippen molar-refractivity contribution in [3.63, 3.8) is 0 Å². The smallest absolute Gasteiger partial charge is 0.306 e. The van der Waals surface area contributed by atoms with Crippen LogP contribution < -0.4 is 4.90 Å². The second kappa shape index (κ2) is 8.03. The Hall–Kier alpha value is -1.81. The van der Waals surface area contributed by atoms with Gasteiger partial charge in [0.05, 0.1) is 6.42 Å². The maximum atomic E-state index is 12.8. The Morgan fingerprint density at radius 3 is 2.53 bits per heavy atom. The number of anilines is 1. The molecule has 1 atom stereocenters. The van der Waals surface area contributed by atoms with Crippen LogP contribution in [0.15, 0.2) is 46.9 Å². The molecule has 2 aromatic rings. The summed E-state index contributed by atoms with van der Waals surface area (Å²) >= 11 is 3.64. The van der Waals surface area contributed by atoms with E-state index in [1.807, 2.05) is 20.8 Å². The lowest BCUT2D eigenvalue weighted by molar-refractivity contribution is -0.156. The van der Waals surface area contributed by atoms with Gasteiger partial charge in [-0.3, -0.25) is 4.79 Å². The summed E-state index contributed by atoms with van der Waals surface area (Å²) < 4.78 is 6.84. The number of halogens is 1. The van der Waals surface area contributed by atoms with Gasteiger partial charge >= 0.3 is 5.97 Å². The Morgan fingerprint density at radius 1 is 1.17 bits per heavy atom. The summed E-state index contributed by atoms with van der Waals surface area (Å²) in [6, 6.07) is 15.3. The van der Waals surface area contributed by atoms with Crippen molar-refractivity contribution in [2.24, 2.45) is 5.41 Å². The average molecular weight is 470 g/mol. The second-order valence-corrected chi connectivity index (χ2v) is 11.0. The number of hydrogen-bond donors (Lipinski definition) is 0. The molecule has 1 aliphatic heterocycles. The Labute approximate surface area is 188 Å². The minimum Gasteiger partial charge on any atom is -0.460 e. The van der Waals surface area contributed by atoms with Gasteiger partial charge < -0.3 is 9.64 Å². The van der Waals surface area contributed by atoms with Gasteiger partial charge in [-0.05, 0) is 87.3 Å². The quantitative estimate of drug-likeness (QED) is 0.485. The fraction of sp³-hybridized carbons (Fsp3) is 0.500. The van der Waals surface area contributed by atoms with Gasteiger partial charge in [0.1, 0.15) is 5.60 Å². The fourth-order valence-electron chi connectivity index (χ4n) is 5.38. The SMILES string of the molecule is Cc1cc(Br)cc(N2CCC3(CC2)Cc2ccccc2[C@H]3CC(=O)OC(C)(C)C)c1. The molecule has 1 aliphatic carbocycles. The summed E-state index contributed by atoms with van der Waals surface area (Å²) in [5.74, 6) is 0.170. The van der Waals surface area contributed by atoms with Crippen LogP contribution >= 0.6 is 15.9 Å². The number of ether oxygens (including phenoxy) is 1. The third-order valence-corrected chi connectivity index (χ3v) is 7.11. The number of carbonyl (C=O) groups is 1. The van der Waals surface area contributed by atoms with Crippen molar-refractivity contribution in [1.29, 1.82) is 0 Å². The summed E-state index contributed by atoms with van der Waals surface area (Å²) in [4.78, 5) is 15.3. The molecule has 3 nitrogen and oxygen atoms in total. The maximum absolute atomic E-state index is 12.8. The van der Waals surface area contributed by atoms with Crippen molar-refractivity contribution in [3.05, 3.63) is 63.6 Å². The number of carbonyl (C=O) groups excluding carboxylic acids is 1. The van der Waals surface area contributed by atoms with E-state index in [0.717, 1.165) is 36.8 Å². The number of esters is 1. The molecule has 4 rings (SSSR count). The molecule has 1 fully saturated rings. The van der Waals surface area contributed by atoms with Gasteiger partial charge in [-0.15, -0.1) is 0 Å². The van der Waals surface area contributed by atoms with Crippen molar-refractivity contribution >= 4 is 27.6 Å². The molecule has 2 aromatic carbocycles. The molecule has 0 radical (unpaired) electrons. The number of rotatable bonds is 3. The van der Waals surface area contributed by atoms with Crippen molar-refractivity contribution in [3.8, 4) is 0 Å². The Kier molecular flexibility index (Phi) is 5.73. The molecule has 0 amide bonds. The molecular weight excluding hydrogens is 438 g/mol. The van der Waals surface area contributed by atoms with Crippen molar-refractivity contribution in [2.45, 2.75) is 64.9 Å². The predicted molar refractivity (Wildman–Crippen MR) is 126 cm³/mol. The van der Waals surface area contributed by atoms with Gasteiger partial charge in [0.15, 0.2) is 0 Å². The van der Waals surface area contributed by atoms with Crippen LogP contribution in [0.4, 0.5) is 5.69 Å². The van der Waals surface area contributed by atoms with Gasteiger partial charge in [0, 0.05) is 29.2 Å². The van der Waals surface area contributed by atoms with E-state index in [0.29, 0.717) is 6.42 Å². The molecule has 0 aromatic heterocycles. The zero-order valence-corrected chi connectivity index (χ0v) is 20.1. The molecule has 2 aliphatic rings. The first-order valence-corrected chi connectivity index (χ1v) is 11.8. The highest BCUT2D eigenvalue weighted by atomic mass is 79.9. The number of nitrogens with zero attached hydrogens (tertiary/aromatic N) is 1. The van der Waals surface area contributed by atoms with Crippen molar-refractivity contribution < 1.29 is 9.53 Å². The van der Waals surface area contributed by atoms with E-state index in [4.69, 9.17) is 4.74 Å². The van der Waals surface area contributed by atoms with Crippen LogP contribution in [-0.4, -0.2) is 24.7 Å². The lowest BCUT2D eigenvalue weighted by atomic mass is 9.68. The topological polar surface area (TPSA) is 29.5 Å². The molecule has 1 spiro atoms. The van der Waals surface area contributed by atoms with E-state index in [2.05, 4.69) is 70.2 Å². The lowest BCUT2D eigenvalue weighted by Gasteiger charge is -2.44. The highest BCUT2D eigenvalue weighted by Gasteiger charge is 2.48. The van der Waals surface area contributed by atoms with Crippen LogP contribution in [0.3, 0.4) is 0 Å². The summed E-state index contributed by atoms with van der Waals surface area (Å²) in [5.41, 5.74) is 5.04. The van der Waals surface area contributed by atoms with Crippen LogP contribution in [0.25, 0.3) is 0 Å². The van der Waals surface area contributed by atoms with E-state index in [-0.39, 0.29) is 17.3 Å². The Balaban J connectivity index is 1.55. The van der Waals surface area contributed by atoms with Crippen molar-refractivity contribution in [1.82, 2.24) is 0 Å². The molecular formula is C26H32BrNO2. The second-order valence-electron chi connectivity index (χ2n) is 10.1. The monoisotopic (exact) mass is 469 g/mol. The summed E-state index contributed by atoms with van der Waals surface area (Å²) in [5, 5.41) is 0. The van der Waals surface area contributed by atoms with Crippen LogP contribution in [0.5, 0.6) is 0 Å². The Morgan fingerprint density at radius 2 is 1.87 bits per heavy atom. The van der Waals surface area contributed by atoms with E-state index >= 15 is 0 Å². The Bertz CT molecular complexity index is 918. The van der Waals surface area contributed by atoms with Crippen molar-refractivity contribution in [2.75, 3.05) is 18.0 Å². The lowest BCUT2D eigenvalue weighted by Crippen LogP contribution is -2.43. The van der Waals surface area contributed by atoms with Crippen LogP contribution in [0.2, 0.25) is 0 Å². The first-order chi connectivity index (χ1) is 14.2. The number of hydrogen-bond acceptors (Lipinski definition) is 3. The van der Waals surface area contributed by atoms with E-state index < -0.39 is 5.60 Å². The van der Waals surface area contributed by atoms with Gasteiger partial charge in [-0.1, -0.05) is 40.2 Å². The van der Waals surface area contributed by atoms with Gasteiger partial charge in [-0.25, -0.2) is 0 Å². The molecule has 1 saturated heterocycles. The average Bonchev–Trinajstić information content (AvgIpc) is 2.93. The molecule has 0 bridgehead atoms. The zero-order chi connectivity index (χ0) is 21.5. The molecule has 0 unspecified atom stereocenters. The number of fused-ring (bicyclic) bond motifs is 1. The number of piperidine rings is 1. The third-order valence-electron chi connectivity index (χ3n) is 6.65. The highest BCUT2D eigenvalue weighted by molar-refractivity contribution is 9.10. The highest BCUT2D eigenvalue weighted by Crippen LogP contribution is 2.55. The standard InChI is InChI=1S/C26H32BrNO2/c1-18-13-20(27)15-21(14-18)28-11-9-26(10-12-28)17-19-7-5-6-8-22(19)23(26)16-24(29)30-25(2,3)4/h5-8,13-15,23H,9-12,16-17H2,1-4H3/t23-/m1/s1. The van der Waals surface area contributed by atoms with E-state index in [1.165, 1.54) is 22.4 Å². The molecule has 160 valence electrons. The molecule has 1 heterocycles. The summed E-state index contributed by atoms with van der Waals surface area (Å²) in [6.07, 6.45) is 3.74. The zero-order valence-electron chi connectivity index (χ0n) is 18.5. The molecule has 4 heteroatoms. The maximum Gasteiger partial charge on any atom is 0.306 e. The van der Waals surface area contributed by atoms with Gasteiger partial charge in [0.25, 0.3) is 0 Å². The van der Waals surface area contributed by atoms with Crippen LogP contribution in [0.1, 0.15) is 62.6 Å². The minimum atomic E-state index is -0.440. The first kappa shape index (κ1) is 21.4. The van der Waals surface area contributed by atoms with Crippen LogP contribution in [-0.2, 0) is 16.0 Å². The molecule has 0 saturated carbocycles. The molecule has 0 N–H and O–H groups in total. The van der Waals surface area contributed by atoms with Gasteiger partial charge in [0.2, 0.25) is 0 Å². The third kappa shape index (κ3) is 4.44. The summed E-state index contributed by atoms with van der Waals surface area (Å²) in [7, 11) is 0. The predicted octanol–water partition coefficient (Wildman–Crippen LogP) is 6.42. The van der Waals surface area contributed by atoms with Gasteiger partial charge in [-0.2, -0.15) is 0 Å². The van der Waals surface area contributed by atoms with Crippen LogP contribution in [0, 0.1) is 12.3 Å². The largest absolute Gasteiger partial charge is 0.460 e. The summed E-state index contributed by atoms with van der Waals surface area (Å²) in [6.45, 7) is 10.0. The number of benzene rings is 2. The first-order valence-electron chi connectivity index (χ1n) is 11.0. The number of aryl methyl sites for hydroxylation is 1. The van der Waals surface area contributed by atoms with E-state index in [9.17, 15) is 4.79 Å². The van der Waals surface area contributed by atoms with E-state index in [1.54, 1.807) is 0 Å².